The van der Waals surface area contributed by atoms with Crippen LogP contribution in [-0.2, 0) is 9.53 Å². The lowest BCUT2D eigenvalue weighted by Gasteiger charge is -2.01. The number of methoxy groups -OCH3 is 1. The Balaban J connectivity index is 2.84. The van der Waals surface area contributed by atoms with Gasteiger partial charge in [0.05, 0.1) is 19.8 Å². The van der Waals surface area contributed by atoms with Gasteiger partial charge in [0.15, 0.2) is 0 Å². The van der Waals surface area contributed by atoms with E-state index in [0.29, 0.717) is 6.61 Å². The third-order valence-corrected chi connectivity index (χ3v) is 2.22. The summed E-state index contributed by atoms with van der Waals surface area (Å²) in [6.07, 6.45) is 1.31. The predicted octanol–water partition coefficient (Wildman–Crippen LogP) is 2.82. The average molecular weight is 232 g/mol. The Labute approximate surface area is 101 Å². The van der Waals surface area contributed by atoms with Crippen molar-refractivity contribution in [2.75, 3.05) is 13.7 Å². The molecule has 0 N–H and O–H groups in total. The van der Waals surface area contributed by atoms with Gasteiger partial charge in [0.2, 0.25) is 0 Å². The van der Waals surface area contributed by atoms with Gasteiger partial charge in [0, 0.05) is 0 Å². The SMILES string of the molecule is CCOC(=O)C=C=C(C)c1ccc(OC)cc1. The first-order chi connectivity index (χ1) is 8.17. The molecule has 0 aromatic heterocycles. The highest BCUT2D eigenvalue weighted by Crippen LogP contribution is 2.17. The second kappa shape index (κ2) is 6.56. The summed E-state index contributed by atoms with van der Waals surface area (Å²) in [6.45, 7) is 4.03. The van der Waals surface area contributed by atoms with E-state index in [9.17, 15) is 4.79 Å². The van der Waals surface area contributed by atoms with Gasteiger partial charge in [-0.25, -0.2) is 4.79 Å². The van der Waals surface area contributed by atoms with Crippen molar-refractivity contribution >= 4 is 11.5 Å². The van der Waals surface area contributed by atoms with E-state index in [-0.39, 0.29) is 5.97 Å². The lowest BCUT2D eigenvalue weighted by atomic mass is 10.1. The summed E-state index contributed by atoms with van der Waals surface area (Å²) in [7, 11) is 1.62. The Kier molecular flexibility index (Phi) is 5.05. The number of hydrogen-bond acceptors (Lipinski definition) is 3. The molecule has 90 valence electrons. The largest absolute Gasteiger partial charge is 0.497 e. The van der Waals surface area contributed by atoms with Crippen molar-refractivity contribution in [3.63, 3.8) is 0 Å². The summed E-state index contributed by atoms with van der Waals surface area (Å²) >= 11 is 0. The highest BCUT2D eigenvalue weighted by atomic mass is 16.5. The van der Waals surface area contributed by atoms with E-state index in [2.05, 4.69) is 5.73 Å². The third kappa shape index (κ3) is 4.17. The van der Waals surface area contributed by atoms with Crippen molar-refractivity contribution in [2.45, 2.75) is 13.8 Å². The average Bonchev–Trinajstić information content (AvgIpc) is 2.36. The number of carbonyl (C=O) groups is 1. The van der Waals surface area contributed by atoms with Crippen LogP contribution in [0.4, 0.5) is 0 Å². The standard InChI is InChI=1S/C14H16O3/c1-4-17-14(15)10-5-11(2)12-6-8-13(16-3)9-7-12/h6-10H,4H2,1-3H3. The van der Waals surface area contributed by atoms with Crippen molar-refractivity contribution in [3.8, 4) is 5.75 Å². The van der Waals surface area contributed by atoms with Gasteiger partial charge in [0.1, 0.15) is 5.75 Å². The minimum atomic E-state index is -0.375. The van der Waals surface area contributed by atoms with Crippen LogP contribution in [0.25, 0.3) is 5.57 Å². The monoisotopic (exact) mass is 232 g/mol. The van der Waals surface area contributed by atoms with E-state index in [4.69, 9.17) is 9.47 Å². The normalized spacial score (nSPS) is 9.12. The maximum Gasteiger partial charge on any atom is 0.338 e. The summed E-state index contributed by atoms with van der Waals surface area (Å²) in [6, 6.07) is 7.57. The van der Waals surface area contributed by atoms with Crippen LogP contribution in [0.5, 0.6) is 5.75 Å². The molecule has 3 nitrogen and oxygen atoms in total. The van der Waals surface area contributed by atoms with Gasteiger partial charge in [-0.05, 0) is 37.1 Å². The van der Waals surface area contributed by atoms with E-state index in [1.54, 1.807) is 14.0 Å². The smallest absolute Gasteiger partial charge is 0.338 e. The summed E-state index contributed by atoms with van der Waals surface area (Å²) in [4.78, 5) is 11.1. The van der Waals surface area contributed by atoms with Crippen LogP contribution in [0.15, 0.2) is 36.1 Å². The first-order valence-corrected chi connectivity index (χ1v) is 5.42. The number of hydrogen-bond donors (Lipinski definition) is 0. The van der Waals surface area contributed by atoms with Gasteiger partial charge in [0.25, 0.3) is 0 Å². The second-order valence-electron chi connectivity index (χ2n) is 3.39. The fraction of sp³-hybridized carbons (Fsp3) is 0.286. The fourth-order valence-corrected chi connectivity index (χ4v) is 1.28. The molecule has 0 aliphatic rings. The lowest BCUT2D eigenvalue weighted by Crippen LogP contribution is -1.98. The zero-order valence-electron chi connectivity index (χ0n) is 10.3. The number of rotatable bonds is 4. The van der Waals surface area contributed by atoms with Crippen LogP contribution < -0.4 is 4.74 Å². The van der Waals surface area contributed by atoms with Crippen molar-refractivity contribution in [2.24, 2.45) is 0 Å². The molecule has 0 saturated carbocycles. The molecule has 1 rings (SSSR count). The third-order valence-electron chi connectivity index (χ3n) is 2.22. The highest BCUT2D eigenvalue weighted by molar-refractivity contribution is 5.83. The zero-order chi connectivity index (χ0) is 12.7. The van der Waals surface area contributed by atoms with Gasteiger partial charge in [-0.2, -0.15) is 0 Å². The lowest BCUT2D eigenvalue weighted by molar-refractivity contribution is -0.137. The summed E-state index contributed by atoms with van der Waals surface area (Å²) in [5.41, 5.74) is 4.76. The predicted molar refractivity (Wildman–Crippen MR) is 66.8 cm³/mol. The molecular formula is C14H16O3. The van der Waals surface area contributed by atoms with Gasteiger partial charge in [-0.1, -0.05) is 12.1 Å². The zero-order valence-corrected chi connectivity index (χ0v) is 10.3. The molecule has 0 bridgehead atoms. The quantitative estimate of drug-likeness (QED) is 0.455. The second-order valence-corrected chi connectivity index (χ2v) is 3.39. The van der Waals surface area contributed by atoms with Crippen molar-refractivity contribution in [3.05, 3.63) is 41.6 Å². The molecule has 0 fully saturated rings. The molecule has 0 amide bonds. The Bertz CT molecular complexity index is 437. The number of carbonyl (C=O) groups excluding carboxylic acids is 1. The first-order valence-electron chi connectivity index (χ1n) is 5.42. The van der Waals surface area contributed by atoms with Crippen molar-refractivity contribution in [1.29, 1.82) is 0 Å². The Morgan fingerprint density at radius 2 is 2.00 bits per heavy atom. The van der Waals surface area contributed by atoms with Crippen molar-refractivity contribution < 1.29 is 14.3 Å². The summed E-state index contributed by atoms with van der Waals surface area (Å²) < 4.78 is 9.84. The first kappa shape index (κ1) is 13.1. The van der Waals surface area contributed by atoms with Crippen LogP contribution in [0.2, 0.25) is 0 Å². The molecule has 3 heteroatoms. The van der Waals surface area contributed by atoms with Crippen LogP contribution in [0.1, 0.15) is 19.4 Å². The van der Waals surface area contributed by atoms with E-state index < -0.39 is 0 Å². The highest BCUT2D eigenvalue weighted by Gasteiger charge is 1.96. The Morgan fingerprint density at radius 3 is 2.53 bits per heavy atom. The van der Waals surface area contributed by atoms with Crippen LogP contribution in [-0.4, -0.2) is 19.7 Å². The number of esters is 1. The van der Waals surface area contributed by atoms with E-state index >= 15 is 0 Å². The van der Waals surface area contributed by atoms with Crippen LogP contribution in [0, 0.1) is 0 Å². The van der Waals surface area contributed by atoms with Gasteiger partial charge >= 0.3 is 5.97 Å². The molecule has 1 aromatic rings. The maximum atomic E-state index is 11.1. The van der Waals surface area contributed by atoms with E-state index in [0.717, 1.165) is 16.9 Å². The molecule has 0 spiro atoms. The molecule has 0 atom stereocenters. The summed E-state index contributed by atoms with van der Waals surface area (Å²) in [5, 5.41) is 0. The number of ether oxygens (including phenoxy) is 2. The Morgan fingerprint density at radius 1 is 1.35 bits per heavy atom. The topological polar surface area (TPSA) is 35.5 Å². The maximum absolute atomic E-state index is 11.1. The van der Waals surface area contributed by atoms with Gasteiger partial charge in [-0.3, -0.25) is 0 Å². The molecule has 0 saturated heterocycles. The molecule has 1 aromatic carbocycles. The van der Waals surface area contributed by atoms with Crippen LogP contribution >= 0.6 is 0 Å². The molecule has 0 unspecified atom stereocenters. The van der Waals surface area contributed by atoms with Gasteiger partial charge in [-0.15, -0.1) is 5.73 Å². The van der Waals surface area contributed by atoms with E-state index in [1.807, 2.05) is 31.2 Å². The molecular weight excluding hydrogens is 216 g/mol. The molecule has 0 aliphatic heterocycles. The molecule has 0 aliphatic carbocycles. The minimum Gasteiger partial charge on any atom is -0.497 e. The molecule has 17 heavy (non-hydrogen) atoms. The fourth-order valence-electron chi connectivity index (χ4n) is 1.28. The Hall–Kier alpha value is -1.99. The molecule has 0 radical (unpaired) electrons. The van der Waals surface area contributed by atoms with E-state index in [1.165, 1.54) is 6.08 Å². The van der Waals surface area contributed by atoms with Crippen molar-refractivity contribution in [1.82, 2.24) is 0 Å². The summed E-state index contributed by atoms with van der Waals surface area (Å²) in [5.74, 6) is 0.427. The molecule has 0 heterocycles. The van der Waals surface area contributed by atoms with Crippen LogP contribution in [0.3, 0.4) is 0 Å². The number of benzene rings is 1. The van der Waals surface area contributed by atoms with Gasteiger partial charge < -0.3 is 9.47 Å². The minimum absolute atomic E-state index is 0.374.